The molecule has 1 N–H and O–H groups in total. The van der Waals surface area contributed by atoms with Gasteiger partial charge in [0.15, 0.2) is 5.78 Å². The van der Waals surface area contributed by atoms with Crippen LogP contribution in [-0.2, 0) is 15.9 Å². The summed E-state index contributed by atoms with van der Waals surface area (Å²) in [6.45, 7) is 5.36. The zero-order chi connectivity index (χ0) is 20.4. The summed E-state index contributed by atoms with van der Waals surface area (Å²) in [5.41, 5.74) is 3.64. The molecule has 0 spiro atoms. The predicted molar refractivity (Wildman–Crippen MR) is 108 cm³/mol. The molecule has 0 amide bonds. The van der Waals surface area contributed by atoms with E-state index in [0.717, 1.165) is 36.5 Å². The van der Waals surface area contributed by atoms with Crippen molar-refractivity contribution in [3.05, 3.63) is 52.3 Å². The van der Waals surface area contributed by atoms with E-state index in [0.29, 0.717) is 36.3 Å². The molecule has 2 aromatic rings. The SMILES string of the molecule is CCOc1ccc([C@H]2CC(=O)c3c([nH]c(C(=O)OC[C@@H]4CCCO4)c3C)C2)cc1. The van der Waals surface area contributed by atoms with Crippen molar-refractivity contribution in [2.45, 2.75) is 51.6 Å². The van der Waals surface area contributed by atoms with Gasteiger partial charge in [0.1, 0.15) is 18.1 Å². The van der Waals surface area contributed by atoms with E-state index in [2.05, 4.69) is 4.98 Å². The molecule has 1 fully saturated rings. The number of ether oxygens (including phenoxy) is 3. The van der Waals surface area contributed by atoms with Crippen LogP contribution in [0.2, 0.25) is 0 Å². The number of H-pyrrole nitrogens is 1. The minimum atomic E-state index is -0.419. The summed E-state index contributed by atoms with van der Waals surface area (Å²) in [6, 6.07) is 7.90. The number of rotatable bonds is 6. The number of aromatic amines is 1. The van der Waals surface area contributed by atoms with Gasteiger partial charge >= 0.3 is 5.97 Å². The minimum absolute atomic E-state index is 0.0190. The summed E-state index contributed by atoms with van der Waals surface area (Å²) >= 11 is 0. The van der Waals surface area contributed by atoms with Crippen molar-refractivity contribution in [2.75, 3.05) is 19.8 Å². The van der Waals surface area contributed by atoms with Gasteiger partial charge < -0.3 is 19.2 Å². The van der Waals surface area contributed by atoms with Crippen LogP contribution in [0, 0.1) is 6.92 Å². The van der Waals surface area contributed by atoms with Crippen LogP contribution in [0.25, 0.3) is 0 Å². The number of nitrogens with one attached hydrogen (secondary N) is 1. The number of hydrogen-bond acceptors (Lipinski definition) is 5. The van der Waals surface area contributed by atoms with E-state index in [4.69, 9.17) is 14.2 Å². The minimum Gasteiger partial charge on any atom is -0.494 e. The molecule has 1 aromatic carbocycles. The van der Waals surface area contributed by atoms with Crippen LogP contribution in [0.4, 0.5) is 0 Å². The Kier molecular flexibility index (Phi) is 5.72. The van der Waals surface area contributed by atoms with Crippen molar-refractivity contribution in [3.63, 3.8) is 0 Å². The fourth-order valence-corrected chi connectivity index (χ4v) is 4.29. The average Bonchev–Trinajstić information content (AvgIpc) is 3.35. The summed E-state index contributed by atoms with van der Waals surface area (Å²) in [7, 11) is 0. The third-order valence-electron chi connectivity index (χ3n) is 5.78. The van der Waals surface area contributed by atoms with Gasteiger partial charge in [-0.15, -0.1) is 0 Å². The van der Waals surface area contributed by atoms with Gasteiger partial charge in [-0.25, -0.2) is 4.79 Å². The third-order valence-corrected chi connectivity index (χ3v) is 5.78. The first-order valence-corrected chi connectivity index (χ1v) is 10.3. The Hall–Kier alpha value is -2.60. The van der Waals surface area contributed by atoms with Gasteiger partial charge in [-0.05, 0) is 62.3 Å². The summed E-state index contributed by atoms with van der Waals surface area (Å²) in [5, 5.41) is 0. The number of esters is 1. The summed E-state index contributed by atoms with van der Waals surface area (Å²) < 4.78 is 16.4. The van der Waals surface area contributed by atoms with Crippen LogP contribution in [-0.4, -0.2) is 42.7 Å². The van der Waals surface area contributed by atoms with Gasteiger partial charge in [0.2, 0.25) is 0 Å². The molecule has 1 saturated heterocycles. The third kappa shape index (κ3) is 4.08. The van der Waals surface area contributed by atoms with Gasteiger partial charge in [-0.3, -0.25) is 4.79 Å². The largest absolute Gasteiger partial charge is 0.494 e. The highest BCUT2D eigenvalue weighted by atomic mass is 16.6. The second-order valence-corrected chi connectivity index (χ2v) is 7.74. The first-order chi connectivity index (χ1) is 14.1. The van der Waals surface area contributed by atoms with Crippen LogP contribution < -0.4 is 4.74 Å². The molecule has 1 aliphatic heterocycles. The van der Waals surface area contributed by atoms with Crippen molar-refractivity contribution < 1.29 is 23.8 Å². The first kappa shape index (κ1) is 19.7. The molecule has 4 rings (SSSR count). The molecule has 154 valence electrons. The molecule has 0 unspecified atom stereocenters. The highest BCUT2D eigenvalue weighted by molar-refractivity contribution is 6.03. The molecule has 0 bridgehead atoms. The molecule has 1 aromatic heterocycles. The Morgan fingerprint density at radius 3 is 2.72 bits per heavy atom. The Morgan fingerprint density at radius 2 is 2.03 bits per heavy atom. The number of Topliss-reactive ketones (excluding diaryl/α,β-unsaturated/α-hetero) is 1. The molecule has 6 nitrogen and oxygen atoms in total. The number of fused-ring (bicyclic) bond motifs is 1. The summed E-state index contributed by atoms with van der Waals surface area (Å²) in [4.78, 5) is 28.6. The molecular weight excluding hydrogens is 370 g/mol. The molecule has 0 saturated carbocycles. The Morgan fingerprint density at radius 1 is 1.24 bits per heavy atom. The highest BCUT2D eigenvalue weighted by Gasteiger charge is 2.32. The molecular formula is C23H27NO5. The Labute approximate surface area is 170 Å². The average molecular weight is 397 g/mol. The van der Waals surface area contributed by atoms with Gasteiger partial charge in [0.05, 0.1) is 12.7 Å². The fraction of sp³-hybridized carbons (Fsp3) is 0.478. The lowest BCUT2D eigenvalue weighted by atomic mass is 9.81. The zero-order valence-electron chi connectivity index (χ0n) is 17.0. The number of benzene rings is 1. The molecule has 29 heavy (non-hydrogen) atoms. The number of carbonyl (C=O) groups excluding carboxylic acids is 2. The van der Waals surface area contributed by atoms with Crippen molar-refractivity contribution >= 4 is 11.8 Å². The molecule has 1 aliphatic carbocycles. The number of aromatic nitrogens is 1. The van der Waals surface area contributed by atoms with Crippen LogP contribution in [0.3, 0.4) is 0 Å². The van der Waals surface area contributed by atoms with Gasteiger partial charge in [0, 0.05) is 24.3 Å². The molecule has 6 heteroatoms. The van der Waals surface area contributed by atoms with Crippen LogP contribution >= 0.6 is 0 Å². The number of ketones is 1. The predicted octanol–water partition coefficient (Wildman–Crippen LogP) is 3.97. The van der Waals surface area contributed by atoms with E-state index in [1.807, 2.05) is 38.1 Å². The first-order valence-electron chi connectivity index (χ1n) is 10.3. The fourth-order valence-electron chi connectivity index (χ4n) is 4.29. The van der Waals surface area contributed by atoms with E-state index in [9.17, 15) is 9.59 Å². The van der Waals surface area contributed by atoms with Crippen molar-refractivity contribution in [1.82, 2.24) is 4.98 Å². The summed E-state index contributed by atoms with van der Waals surface area (Å²) in [6.07, 6.45) is 3.02. The standard InChI is InChI=1S/C23H27NO5/c1-3-27-17-8-6-15(7-9-17)16-11-19-21(20(25)12-16)14(2)22(24-19)23(26)29-13-18-5-4-10-28-18/h6-9,16,18,24H,3-5,10-13H2,1-2H3/t16-,18+/m1/s1. The van der Waals surface area contributed by atoms with E-state index >= 15 is 0 Å². The lowest BCUT2D eigenvalue weighted by Crippen LogP contribution is -2.18. The zero-order valence-corrected chi connectivity index (χ0v) is 17.0. The smallest absolute Gasteiger partial charge is 0.355 e. The Balaban J connectivity index is 1.49. The highest BCUT2D eigenvalue weighted by Crippen LogP contribution is 2.35. The topological polar surface area (TPSA) is 77.6 Å². The lowest BCUT2D eigenvalue weighted by Gasteiger charge is -2.22. The maximum Gasteiger partial charge on any atom is 0.355 e. The van der Waals surface area contributed by atoms with Gasteiger partial charge in [-0.1, -0.05) is 12.1 Å². The quantitative estimate of drug-likeness (QED) is 0.747. The Bertz CT molecular complexity index is 893. The van der Waals surface area contributed by atoms with Crippen LogP contribution in [0.1, 0.15) is 69.8 Å². The van der Waals surface area contributed by atoms with Gasteiger partial charge in [-0.2, -0.15) is 0 Å². The summed E-state index contributed by atoms with van der Waals surface area (Å²) in [5.74, 6) is 0.556. The van der Waals surface area contributed by atoms with E-state index in [1.54, 1.807) is 0 Å². The second-order valence-electron chi connectivity index (χ2n) is 7.74. The molecule has 2 atom stereocenters. The number of carbonyl (C=O) groups is 2. The maximum absolute atomic E-state index is 12.8. The van der Waals surface area contributed by atoms with Crippen LogP contribution in [0.5, 0.6) is 5.75 Å². The number of hydrogen-bond donors (Lipinski definition) is 1. The molecule has 2 aliphatic rings. The van der Waals surface area contributed by atoms with E-state index in [1.165, 1.54) is 0 Å². The van der Waals surface area contributed by atoms with E-state index in [-0.39, 0.29) is 24.4 Å². The second kappa shape index (κ2) is 8.41. The lowest BCUT2D eigenvalue weighted by molar-refractivity contribution is 0.0156. The van der Waals surface area contributed by atoms with E-state index < -0.39 is 5.97 Å². The monoisotopic (exact) mass is 397 g/mol. The van der Waals surface area contributed by atoms with Crippen LogP contribution in [0.15, 0.2) is 24.3 Å². The van der Waals surface area contributed by atoms with Crippen molar-refractivity contribution in [2.24, 2.45) is 0 Å². The normalized spacial score (nSPS) is 21.1. The maximum atomic E-state index is 12.8. The van der Waals surface area contributed by atoms with Crippen molar-refractivity contribution in [1.29, 1.82) is 0 Å². The van der Waals surface area contributed by atoms with Gasteiger partial charge in [0.25, 0.3) is 0 Å². The molecule has 2 heterocycles. The molecule has 0 radical (unpaired) electrons. The van der Waals surface area contributed by atoms with Crippen molar-refractivity contribution in [3.8, 4) is 5.75 Å².